The fourth-order valence-corrected chi connectivity index (χ4v) is 5.00. The van der Waals surface area contributed by atoms with E-state index in [1.165, 1.54) is 11.1 Å². The Bertz CT molecular complexity index is 1080. The number of benzene rings is 2. The van der Waals surface area contributed by atoms with Crippen molar-refractivity contribution in [2.75, 3.05) is 5.73 Å². The molecule has 2 atom stereocenters. The van der Waals surface area contributed by atoms with Gasteiger partial charge < -0.3 is 16.0 Å². The van der Waals surface area contributed by atoms with Gasteiger partial charge in [0.05, 0.1) is 0 Å². The van der Waals surface area contributed by atoms with Crippen LogP contribution in [0.5, 0.6) is 0 Å². The van der Waals surface area contributed by atoms with Crippen molar-refractivity contribution < 1.29 is 14.4 Å². The predicted molar refractivity (Wildman–Crippen MR) is 116 cm³/mol. The minimum Gasteiger partial charge on any atom is -0.399 e. The van der Waals surface area contributed by atoms with Crippen LogP contribution in [-0.2, 0) is 29.1 Å². The molecule has 2 aromatic rings. The van der Waals surface area contributed by atoms with E-state index in [1.54, 1.807) is 4.90 Å². The highest BCUT2D eigenvalue weighted by atomic mass is 16.2. The van der Waals surface area contributed by atoms with E-state index in [0.29, 0.717) is 25.1 Å². The summed E-state index contributed by atoms with van der Waals surface area (Å²) in [5.41, 5.74) is 12.0. The first-order valence-electron chi connectivity index (χ1n) is 10.9. The van der Waals surface area contributed by atoms with Gasteiger partial charge in [-0.05, 0) is 66.1 Å². The van der Waals surface area contributed by atoms with Crippen LogP contribution in [0.25, 0.3) is 0 Å². The molecule has 2 heterocycles. The summed E-state index contributed by atoms with van der Waals surface area (Å²) in [5.74, 6) is -0.786. The number of fused-ring (bicyclic) bond motifs is 2. The molecule has 4 N–H and O–H groups in total. The Balaban J connectivity index is 1.29. The molecule has 1 saturated heterocycles. The number of hydrogen-bond acceptors (Lipinski definition) is 5. The molecule has 3 aliphatic rings. The van der Waals surface area contributed by atoms with Gasteiger partial charge in [-0.15, -0.1) is 0 Å². The average molecular weight is 418 g/mol. The van der Waals surface area contributed by atoms with Crippen LogP contribution < -0.4 is 16.4 Å². The number of nitrogen functional groups attached to an aromatic ring is 1. The van der Waals surface area contributed by atoms with Gasteiger partial charge in [-0.3, -0.25) is 19.7 Å². The molecule has 3 amide bonds. The van der Waals surface area contributed by atoms with Gasteiger partial charge in [0.2, 0.25) is 11.8 Å². The van der Waals surface area contributed by atoms with Crippen molar-refractivity contribution in [2.24, 2.45) is 0 Å². The van der Waals surface area contributed by atoms with E-state index in [0.717, 1.165) is 36.1 Å². The van der Waals surface area contributed by atoms with Gasteiger partial charge in [-0.25, -0.2) is 0 Å². The van der Waals surface area contributed by atoms with Crippen molar-refractivity contribution in [1.29, 1.82) is 0 Å². The third-order valence-electron chi connectivity index (χ3n) is 6.63. The number of nitrogens with two attached hydrogens (primary N) is 1. The van der Waals surface area contributed by atoms with Crippen molar-refractivity contribution >= 4 is 23.4 Å². The summed E-state index contributed by atoms with van der Waals surface area (Å²) in [5, 5.41) is 5.98. The minimum absolute atomic E-state index is 0.134. The summed E-state index contributed by atoms with van der Waals surface area (Å²) < 4.78 is 0. The number of nitrogens with one attached hydrogen (secondary N) is 2. The smallest absolute Gasteiger partial charge is 0.255 e. The molecule has 2 aromatic carbocycles. The van der Waals surface area contributed by atoms with Gasteiger partial charge in [0.15, 0.2) is 0 Å². The van der Waals surface area contributed by atoms with Crippen molar-refractivity contribution in [3.05, 3.63) is 64.2 Å². The minimum atomic E-state index is -0.578. The summed E-state index contributed by atoms with van der Waals surface area (Å²) in [6, 6.07) is 11.8. The van der Waals surface area contributed by atoms with Crippen LogP contribution in [0, 0.1) is 0 Å². The molecule has 160 valence electrons. The third kappa shape index (κ3) is 3.70. The molecule has 7 heteroatoms. The first-order chi connectivity index (χ1) is 15.0. The molecule has 0 spiro atoms. The summed E-state index contributed by atoms with van der Waals surface area (Å²) in [4.78, 5) is 38.2. The zero-order valence-corrected chi connectivity index (χ0v) is 17.3. The summed E-state index contributed by atoms with van der Waals surface area (Å²) in [6.07, 6.45) is 3.90. The van der Waals surface area contributed by atoms with Gasteiger partial charge in [0, 0.05) is 36.8 Å². The second-order valence-corrected chi connectivity index (χ2v) is 8.68. The van der Waals surface area contributed by atoms with Gasteiger partial charge >= 0.3 is 0 Å². The van der Waals surface area contributed by atoms with Crippen molar-refractivity contribution in [3.63, 3.8) is 0 Å². The molecule has 7 nitrogen and oxygen atoms in total. The number of aryl methyl sites for hydroxylation is 1. The molecule has 0 radical (unpaired) electrons. The molecular weight excluding hydrogens is 392 g/mol. The first kappa shape index (κ1) is 19.8. The largest absolute Gasteiger partial charge is 0.399 e. The quantitative estimate of drug-likeness (QED) is 0.522. The SMILES string of the molecule is Nc1ccc2c(c1)CCCC2NCc1ccc2c(c1)C(=O)N(C1CCC(=O)NC1=O)C2. The maximum absolute atomic E-state index is 13.0. The van der Waals surface area contributed by atoms with E-state index in [-0.39, 0.29) is 30.2 Å². The normalized spacial score (nSPS) is 22.8. The highest BCUT2D eigenvalue weighted by Gasteiger charge is 2.39. The Morgan fingerprint density at radius 2 is 1.90 bits per heavy atom. The zero-order valence-electron chi connectivity index (χ0n) is 17.3. The fraction of sp³-hybridized carbons (Fsp3) is 0.375. The molecule has 0 saturated carbocycles. The Morgan fingerprint density at radius 3 is 2.74 bits per heavy atom. The number of rotatable bonds is 4. The van der Waals surface area contributed by atoms with Crippen LogP contribution >= 0.6 is 0 Å². The van der Waals surface area contributed by atoms with Crippen LogP contribution in [0.2, 0.25) is 0 Å². The lowest BCUT2D eigenvalue weighted by molar-refractivity contribution is -0.136. The number of nitrogens with zero attached hydrogens (tertiary/aromatic N) is 1. The molecular formula is C24H26N4O3. The van der Waals surface area contributed by atoms with E-state index in [4.69, 9.17) is 5.73 Å². The number of carbonyl (C=O) groups excluding carboxylic acids is 3. The van der Waals surface area contributed by atoms with E-state index >= 15 is 0 Å². The Hall–Kier alpha value is -3.19. The molecule has 2 aliphatic heterocycles. The van der Waals surface area contributed by atoms with Crippen LogP contribution in [-0.4, -0.2) is 28.7 Å². The third-order valence-corrected chi connectivity index (χ3v) is 6.63. The molecule has 5 rings (SSSR count). The molecule has 2 unspecified atom stereocenters. The number of anilines is 1. The van der Waals surface area contributed by atoms with E-state index in [9.17, 15) is 14.4 Å². The molecule has 0 bridgehead atoms. The predicted octanol–water partition coefficient (Wildman–Crippen LogP) is 2.20. The number of piperidine rings is 1. The van der Waals surface area contributed by atoms with Crippen LogP contribution in [0.4, 0.5) is 5.69 Å². The highest BCUT2D eigenvalue weighted by Crippen LogP contribution is 2.32. The van der Waals surface area contributed by atoms with Gasteiger partial charge in [-0.1, -0.05) is 18.2 Å². The van der Waals surface area contributed by atoms with Gasteiger partial charge in [-0.2, -0.15) is 0 Å². The summed E-state index contributed by atoms with van der Waals surface area (Å²) in [7, 11) is 0. The number of amides is 3. The van der Waals surface area contributed by atoms with Crippen LogP contribution in [0.1, 0.15) is 64.3 Å². The molecule has 31 heavy (non-hydrogen) atoms. The Labute approximate surface area is 181 Å². The van der Waals surface area contributed by atoms with Gasteiger partial charge in [0.25, 0.3) is 5.91 Å². The number of hydrogen-bond donors (Lipinski definition) is 3. The second-order valence-electron chi connectivity index (χ2n) is 8.68. The maximum atomic E-state index is 13.0. The lowest BCUT2D eigenvalue weighted by atomic mass is 9.87. The topological polar surface area (TPSA) is 105 Å². The van der Waals surface area contributed by atoms with Gasteiger partial charge in [0.1, 0.15) is 6.04 Å². The second kappa shape index (κ2) is 7.81. The Kier molecular flexibility index (Phi) is 4.98. The average Bonchev–Trinajstić information content (AvgIpc) is 3.07. The van der Waals surface area contributed by atoms with Crippen molar-refractivity contribution in [2.45, 2.75) is 57.3 Å². The van der Waals surface area contributed by atoms with Crippen LogP contribution in [0.15, 0.2) is 36.4 Å². The standard InChI is InChI=1S/C24H26N4O3/c25-17-6-7-18-15(11-17)2-1-3-20(18)26-12-14-4-5-16-13-28(24(31)19(16)10-14)21-8-9-22(29)27-23(21)30/h4-7,10-11,20-21,26H,1-3,8-9,12-13,25H2,(H,27,29,30). The lowest BCUT2D eigenvalue weighted by Crippen LogP contribution is -2.52. The maximum Gasteiger partial charge on any atom is 0.255 e. The number of imide groups is 1. The summed E-state index contributed by atoms with van der Waals surface area (Å²) in [6.45, 7) is 1.07. The Morgan fingerprint density at radius 1 is 1.03 bits per heavy atom. The van der Waals surface area contributed by atoms with Crippen molar-refractivity contribution in [1.82, 2.24) is 15.5 Å². The van der Waals surface area contributed by atoms with E-state index < -0.39 is 6.04 Å². The summed E-state index contributed by atoms with van der Waals surface area (Å²) >= 11 is 0. The lowest BCUT2D eigenvalue weighted by Gasteiger charge is -2.29. The molecule has 0 aromatic heterocycles. The monoisotopic (exact) mass is 418 g/mol. The van der Waals surface area contributed by atoms with Crippen molar-refractivity contribution in [3.8, 4) is 0 Å². The zero-order chi connectivity index (χ0) is 21.5. The van der Waals surface area contributed by atoms with E-state index in [2.05, 4.69) is 22.8 Å². The molecule has 1 fully saturated rings. The fourth-order valence-electron chi connectivity index (χ4n) is 5.00. The highest BCUT2D eigenvalue weighted by molar-refractivity contribution is 6.05. The van der Waals surface area contributed by atoms with E-state index in [1.807, 2.05) is 24.3 Å². The first-order valence-corrected chi connectivity index (χ1v) is 10.9. The molecule has 1 aliphatic carbocycles. The number of carbonyl (C=O) groups is 3. The van der Waals surface area contributed by atoms with Crippen LogP contribution in [0.3, 0.4) is 0 Å².